The molecule has 1 aliphatic rings. The van der Waals surface area contributed by atoms with Crippen molar-refractivity contribution in [1.82, 2.24) is 0 Å². The maximum atomic E-state index is 11.2. The summed E-state index contributed by atoms with van der Waals surface area (Å²) in [5.74, 6) is -0.270. The molecular formula is C9H9BrO2. The van der Waals surface area contributed by atoms with Crippen molar-refractivity contribution in [2.45, 2.75) is 11.8 Å². The van der Waals surface area contributed by atoms with Crippen LogP contribution in [0.5, 0.6) is 0 Å². The minimum absolute atomic E-state index is 0.0680. The highest BCUT2D eigenvalue weighted by atomic mass is 79.9. The Kier molecular flexibility index (Phi) is 3.32. The third-order valence-electron chi connectivity index (χ3n) is 1.41. The van der Waals surface area contributed by atoms with Crippen molar-refractivity contribution < 1.29 is 9.53 Å². The van der Waals surface area contributed by atoms with E-state index in [9.17, 15) is 4.79 Å². The number of carbonyl (C=O) groups is 1. The fraction of sp³-hybridized carbons (Fsp3) is 0.333. The predicted molar refractivity (Wildman–Crippen MR) is 50.1 cm³/mol. The average molecular weight is 229 g/mol. The van der Waals surface area contributed by atoms with E-state index in [2.05, 4.69) is 21.7 Å². The number of rotatable bonds is 2. The number of halogens is 1. The molecule has 1 aliphatic carbocycles. The van der Waals surface area contributed by atoms with E-state index in [0.29, 0.717) is 12.2 Å². The number of allylic oxidation sites excluding steroid dienone is 2. The van der Waals surface area contributed by atoms with Crippen LogP contribution in [0.15, 0.2) is 29.5 Å². The Bertz CT molecular complexity index is 272. The first-order valence-corrected chi connectivity index (χ1v) is 4.61. The van der Waals surface area contributed by atoms with Crippen LogP contribution in [0, 0.1) is 0 Å². The third-order valence-corrected chi connectivity index (χ3v) is 2.17. The molecule has 0 saturated carbocycles. The van der Waals surface area contributed by atoms with Crippen LogP contribution < -0.4 is 0 Å². The Morgan fingerprint density at radius 2 is 2.58 bits per heavy atom. The van der Waals surface area contributed by atoms with Gasteiger partial charge < -0.3 is 4.74 Å². The lowest BCUT2D eigenvalue weighted by atomic mass is 10.1. The quantitative estimate of drug-likeness (QED) is 0.411. The van der Waals surface area contributed by atoms with Gasteiger partial charge in [-0.15, -0.1) is 5.73 Å². The molecule has 0 bridgehead atoms. The molecule has 1 unspecified atom stereocenters. The minimum atomic E-state index is -0.270. The van der Waals surface area contributed by atoms with Gasteiger partial charge in [-0.05, 0) is 25.2 Å². The van der Waals surface area contributed by atoms with Crippen LogP contribution in [0.4, 0.5) is 0 Å². The molecule has 0 aromatic heterocycles. The van der Waals surface area contributed by atoms with E-state index >= 15 is 0 Å². The van der Waals surface area contributed by atoms with Gasteiger partial charge in [0.05, 0.1) is 17.0 Å². The van der Waals surface area contributed by atoms with E-state index in [1.54, 1.807) is 25.2 Å². The minimum Gasteiger partial charge on any atom is -0.463 e. The van der Waals surface area contributed by atoms with Crippen LogP contribution in [0.1, 0.15) is 6.92 Å². The molecule has 0 amide bonds. The molecule has 0 spiro atoms. The molecule has 0 aliphatic heterocycles. The second-order valence-electron chi connectivity index (χ2n) is 2.24. The van der Waals surface area contributed by atoms with Gasteiger partial charge >= 0.3 is 5.97 Å². The van der Waals surface area contributed by atoms with Crippen LogP contribution in [-0.2, 0) is 9.53 Å². The lowest BCUT2D eigenvalue weighted by molar-refractivity contribution is -0.138. The number of carbonyl (C=O) groups excluding carboxylic acids is 1. The molecule has 0 radical (unpaired) electrons. The van der Waals surface area contributed by atoms with Gasteiger partial charge in [0.2, 0.25) is 0 Å². The lowest BCUT2D eigenvalue weighted by Gasteiger charge is -2.09. The van der Waals surface area contributed by atoms with Crippen molar-refractivity contribution in [2.75, 3.05) is 6.61 Å². The summed E-state index contributed by atoms with van der Waals surface area (Å²) < 4.78 is 4.85. The monoisotopic (exact) mass is 228 g/mol. The second-order valence-corrected chi connectivity index (χ2v) is 3.23. The van der Waals surface area contributed by atoms with E-state index in [1.165, 1.54) is 0 Å². The van der Waals surface area contributed by atoms with Gasteiger partial charge in [0.25, 0.3) is 0 Å². The Morgan fingerprint density at radius 1 is 1.83 bits per heavy atom. The van der Waals surface area contributed by atoms with Gasteiger partial charge in [-0.3, -0.25) is 0 Å². The van der Waals surface area contributed by atoms with E-state index in [4.69, 9.17) is 4.74 Å². The summed E-state index contributed by atoms with van der Waals surface area (Å²) in [7, 11) is 0. The number of hydrogen-bond acceptors (Lipinski definition) is 2. The first-order chi connectivity index (χ1) is 5.75. The number of esters is 1. The summed E-state index contributed by atoms with van der Waals surface area (Å²) >= 11 is 3.32. The van der Waals surface area contributed by atoms with Crippen molar-refractivity contribution in [1.29, 1.82) is 0 Å². The molecule has 1 rings (SSSR count). The molecule has 64 valence electrons. The van der Waals surface area contributed by atoms with Gasteiger partial charge in [-0.1, -0.05) is 15.9 Å². The smallest absolute Gasteiger partial charge is 0.335 e. The summed E-state index contributed by atoms with van der Waals surface area (Å²) in [5, 5.41) is 0. The fourth-order valence-corrected chi connectivity index (χ4v) is 1.35. The van der Waals surface area contributed by atoms with Crippen molar-refractivity contribution in [3.8, 4) is 0 Å². The average Bonchev–Trinajstić information content (AvgIpc) is 2.05. The normalized spacial score (nSPS) is 20.5. The zero-order valence-corrected chi connectivity index (χ0v) is 8.30. The fourth-order valence-electron chi connectivity index (χ4n) is 0.855. The molecule has 3 heteroatoms. The predicted octanol–water partition coefficient (Wildman–Crippen LogP) is 1.96. The zero-order chi connectivity index (χ0) is 8.97. The van der Waals surface area contributed by atoms with Gasteiger partial charge in [0.1, 0.15) is 0 Å². The van der Waals surface area contributed by atoms with Crippen LogP contribution >= 0.6 is 15.9 Å². The first kappa shape index (κ1) is 9.30. The number of alkyl halides is 1. The van der Waals surface area contributed by atoms with Gasteiger partial charge in [-0.25, -0.2) is 4.79 Å². The Balaban J connectivity index is 2.70. The van der Waals surface area contributed by atoms with Gasteiger partial charge in [0, 0.05) is 0 Å². The highest BCUT2D eigenvalue weighted by Gasteiger charge is 2.17. The standard InChI is InChI=1S/C9H9BrO2/c1-2-12-9(11)7-5-3-4-6-8(7)10/h3,5-6,8H,2H2,1H3. The molecule has 0 aromatic carbocycles. The van der Waals surface area contributed by atoms with E-state index in [0.717, 1.165) is 0 Å². The van der Waals surface area contributed by atoms with Crippen LogP contribution in [0.3, 0.4) is 0 Å². The van der Waals surface area contributed by atoms with Crippen LogP contribution in [0.25, 0.3) is 0 Å². The van der Waals surface area contributed by atoms with Crippen molar-refractivity contribution >= 4 is 21.9 Å². The van der Waals surface area contributed by atoms with E-state index in [-0.39, 0.29) is 10.8 Å². The summed E-state index contributed by atoms with van der Waals surface area (Å²) in [6.45, 7) is 2.19. The molecule has 1 atom stereocenters. The summed E-state index contributed by atoms with van der Waals surface area (Å²) in [5.41, 5.74) is 3.50. The molecule has 0 aromatic rings. The Morgan fingerprint density at radius 3 is 3.17 bits per heavy atom. The summed E-state index contributed by atoms with van der Waals surface area (Å²) in [6.07, 6.45) is 5.17. The molecule has 0 saturated heterocycles. The highest BCUT2D eigenvalue weighted by molar-refractivity contribution is 9.09. The van der Waals surface area contributed by atoms with E-state index < -0.39 is 0 Å². The van der Waals surface area contributed by atoms with Crippen molar-refractivity contribution in [2.24, 2.45) is 0 Å². The molecule has 12 heavy (non-hydrogen) atoms. The Labute approximate surface area is 79.7 Å². The van der Waals surface area contributed by atoms with E-state index in [1.807, 2.05) is 0 Å². The molecule has 2 nitrogen and oxygen atoms in total. The number of ether oxygens (including phenoxy) is 1. The summed E-state index contributed by atoms with van der Waals surface area (Å²) in [6, 6.07) is 0. The number of hydrogen-bond donors (Lipinski definition) is 0. The summed E-state index contributed by atoms with van der Waals surface area (Å²) in [4.78, 5) is 11.2. The van der Waals surface area contributed by atoms with Gasteiger partial charge in [-0.2, -0.15) is 0 Å². The van der Waals surface area contributed by atoms with Crippen molar-refractivity contribution in [3.05, 3.63) is 29.5 Å². The van der Waals surface area contributed by atoms with Crippen LogP contribution in [0.2, 0.25) is 0 Å². The van der Waals surface area contributed by atoms with Crippen molar-refractivity contribution in [3.63, 3.8) is 0 Å². The second kappa shape index (κ2) is 4.29. The highest BCUT2D eigenvalue weighted by Crippen LogP contribution is 2.17. The van der Waals surface area contributed by atoms with Crippen LogP contribution in [-0.4, -0.2) is 17.4 Å². The largest absolute Gasteiger partial charge is 0.463 e. The molecule has 0 heterocycles. The third kappa shape index (κ3) is 2.10. The molecular weight excluding hydrogens is 220 g/mol. The SMILES string of the molecule is CCOC(=O)C1=CC=C=CC1Br. The Hall–Kier alpha value is -0.790. The zero-order valence-electron chi connectivity index (χ0n) is 6.71. The molecule has 0 fully saturated rings. The molecule has 0 N–H and O–H groups in total. The first-order valence-electron chi connectivity index (χ1n) is 3.69. The maximum Gasteiger partial charge on any atom is 0.335 e. The lowest BCUT2D eigenvalue weighted by Crippen LogP contribution is -2.15. The maximum absolute atomic E-state index is 11.2. The van der Waals surface area contributed by atoms with Gasteiger partial charge in [0.15, 0.2) is 0 Å². The topological polar surface area (TPSA) is 26.3 Å².